The first kappa shape index (κ1) is 18.9. The highest BCUT2D eigenvalue weighted by molar-refractivity contribution is 6.18. The minimum atomic E-state index is -4.46. The van der Waals surface area contributed by atoms with E-state index in [4.69, 9.17) is 0 Å². The van der Waals surface area contributed by atoms with E-state index in [2.05, 4.69) is 15.5 Å². The second-order valence-corrected chi connectivity index (χ2v) is 6.64. The number of nitrogens with zero attached hydrogens (tertiary/aromatic N) is 2. The molecule has 146 valence electrons. The first-order valence-electron chi connectivity index (χ1n) is 8.78. The number of aliphatic imine (C=N–C) groups is 1. The second-order valence-electron chi connectivity index (χ2n) is 6.64. The van der Waals surface area contributed by atoms with Crippen molar-refractivity contribution in [1.82, 2.24) is 5.43 Å². The Kier molecular flexibility index (Phi) is 4.66. The second kappa shape index (κ2) is 7.16. The number of hydrogen-bond acceptors (Lipinski definition) is 3. The van der Waals surface area contributed by atoms with Crippen molar-refractivity contribution < 1.29 is 17.6 Å². The van der Waals surface area contributed by atoms with Crippen LogP contribution in [0.5, 0.6) is 0 Å². The fourth-order valence-corrected chi connectivity index (χ4v) is 3.05. The average molecular weight is 397 g/mol. The molecule has 0 bridgehead atoms. The Morgan fingerprint density at radius 2 is 1.62 bits per heavy atom. The lowest BCUT2D eigenvalue weighted by atomic mass is 9.97. The van der Waals surface area contributed by atoms with Crippen molar-refractivity contribution in [3.8, 4) is 0 Å². The molecule has 0 saturated heterocycles. The molecule has 0 fully saturated rings. The Bertz CT molecular complexity index is 1130. The van der Waals surface area contributed by atoms with Gasteiger partial charge in [0.2, 0.25) is 0 Å². The molecule has 7 heteroatoms. The van der Waals surface area contributed by atoms with E-state index in [1.54, 1.807) is 24.3 Å². The predicted molar refractivity (Wildman–Crippen MR) is 104 cm³/mol. The largest absolute Gasteiger partial charge is 0.416 e. The minimum Gasteiger partial charge on any atom is -0.260 e. The lowest BCUT2D eigenvalue weighted by molar-refractivity contribution is -0.137. The molecule has 0 aromatic heterocycles. The maximum Gasteiger partial charge on any atom is 0.416 e. The molecule has 0 spiro atoms. The van der Waals surface area contributed by atoms with Crippen LogP contribution in [0.2, 0.25) is 0 Å². The number of hydrogen-bond donors (Lipinski definition) is 1. The van der Waals surface area contributed by atoms with Gasteiger partial charge in [-0.15, -0.1) is 0 Å². The fourth-order valence-electron chi connectivity index (χ4n) is 3.05. The molecule has 4 rings (SSSR count). The summed E-state index contributed by atoms with van der Waals surface area (Å²) < 4.78 is 52.8. The van der Waals surface area contributed by atoms with Crippen molar-refractivity contribution in [3.05, 3.63) is 100 Å². The van der Waals surface area contributed by atoms with Crippen LogP contribution in [-0.2, 0) is 6.18 Å². The van der Waals surface area contributed by atoms with Crippen LogP contribution in [0.25, 0.3) is 0 Å². The molecule has 0 unspecified atom stereocenters. The SMILES string of the molecule is Cc1ccc2c(c1)C(c1cccc(C(F)(F)F)c1)=NNC(c1ccc(F)cc1)=N2. The highest BCUT2D eigenvalue weighted by Crippen LogP contribution is 2.32. The minimum absolute atomic E-state index is 0.315. The molecule has 1 aliphatic rings. The van der Waals surface area contributed by atoms with Gasteiger partial charge in [0.1, 0.15) is 5.82 Å². The van der Waals surface area contributed by atoms with E-state index in [-0.39, 0.29) is 5.82 Å². The zero-order chi connectivity index (χ0) is 20.6. The molecule has 1 heterocycles. The van der Waals surface area contributed by atoms with Crippen LogP contribution in [0.3, 0.4) is 0 Å². The van der Waals surface area contributed by atoms with E-state index in [0.717, 1.165) is 17.7 Å². The molecule has 3 aromatic rings. The van der Waals surface area contributed by atoms with Crippen molar-refractivity contribution in [2.24, 2.45) is 10.1 Å². The summed E-state index contributed by atoms with van der Waals surface area (Å²) in [5.41, 5.74) is 5.41. The molecule has 3 nitrogen and oxygen atoms in total. The van der Waals surface area contributed by atoms with E-state index in [9.17, 15) is 17.6 Å². The molecular weight excluding hydrogens is 382 g/mol. The third kappa shape index (κ3) is 3.89. The third-order valence-corrected chi connectivity index (χ3v) is 4.49. The number of benzene rings is 3. The number of halogens is 4. The molecular formula is C22H15F4N3. The van der Waals surface area contributed by atoms with Gasteiger partial charge in [0.05, 0.1) is 17.0 Å². The summed E-state index contributed by atoms with van der Waals surface area (Å²) in [6.45, 7) is 1.88. The number of fused-ring (bicyclic) bond motifs is 1. The van der Waals surface area contributed by atoms with Crippen LogP contribution in [0, 0.1) is 12.7 Å². The number of aryl methyl sites for hydroxylation is 1. The Morgan fingerprint density at radius 1 is 0.862 bits per heavy atom. The van der Waals surface area contributed by atoms with Gasteiger partial charge in [-0.2, -0.15) is 18.3 Å². The van der Waals surface area contributed by atoms with Crippen LogP contribution in [0.4, 0.5) is 23.2 Å². The summed E-state index contributed by atoms with van der Waals surface area (Å²) in [5, 5.41) is 4.35. The van der Waals surface area contributed by atoms with E-state index in [1.807, 2.05) is 19.1 Å². The molecule has 0 radical (unpaired) electrons. The van der Waals surface area contributed by atoms with Crippen molar-refractivity contribution in [2.75, 3.05) is 0 Å². The molecule has 29 heavy (non-hydrogen) atoms. The maximum absolute atomic E-state index is 13.3. The number of alkyl halides is 3. The summed E-state index contributed by atoms with van der Waals surface area (Å²) in [6.07, 6.45) is -4.46. The summed E-state index contributed by atoms with van der Waals surface area (Å²) >= 11 is 0. The Labute approximate surface area is 164 Å². The number of amidine groups is 1. The van der Waals surface area contributed by atoms with Crippen LogP contribution in [0.1, 0.15) is 27.8 Å². The van der Waals surface area contributed by atoms with E-state index >= 15 is 0 Å². The number of hydrazone groups is 1. The molecule has 0 atom stereocenters. The predicted octanol–water partition coefficient (Wildman–Crippen LogP) is 5.59. The Balaban J connectivity index is 1.85. The van der Waals surface area contributed by atoms with E-state index < -0.39 is 11.7 Å². The molecule has 1 aliphatic heterocycles. The van der Waals surface area contributed by atoms with Crippen LogP contribution in [0.15, 0.2) is 76.8 Å². The van der Waals surface area contributed by atoms with E-state index in [0.29, 0.717) is 33.9 Å². The van der Waals surface area contributed by atoms with Crippen molar-refractivity contribution >= 4 is 17.2 Å². The quantitative estimate of drug-likeness (QED) is 0.563. The maximum atomic E-state index is 13.3. The van der Waals surface area contributed by atoms with Gasteiger partial charge in [0, 0.05) is 16.7 Å². The number of nitrogens with one attached hydrogen (secondary N) is 1. The van der Waals surface area contributed by atoms with Crippen molar-refractivity contribution in [2.45, 2.75) is 13.1 Å². The van der Waals surface area contributed by atoms with Crippen molar-refractivity contribution in [1.29, 1.82) is 0 Å². The smallest absolute Gasteiger partial charge is 0.260 e. The van der Waals surface area contributed by atoms with Gasteiger partial charge < -0.3 is 0 Å². The van der Waals surface area contributed by atoms with Gasteiger partial charge in [0.15, 0.2) is 5.84 Å². The lowest BCUT2D eigenvalue weighted by Crippen LogP contribution is -2.20. The van der Waals surface area contributed by atoms with Gasteiger partial charge in [0.25, 0.3) is 0 Å². The molecule has 0 amide bonds. The van der Waals surface area contributed by atoms with Crippen LogP contribution < -0.4 is 5.43 Å². The lowest BCUT2D eigenvalue weighted by Gasteiger charge is -2.12. The molecule has 0 aliphatic carbocycles. The van der Waals surface area contributed by atoms with Crippen molar-refractivity contribution in [3.63, 3.8) is 0 Å². The summed E-state index contributed by atoms with van der Waals surface area (Å²) in [5.74, 6) is -0.00997. The first-order chi connectivity index (χ1) is 13.8. The fraction of sp³-hybridized carbons (Fsp3) is 0.0909. The van der Waals surface area contributed by atoms with Gasteiger partial charge in [-0.25, -0.2) is 9.38 Å². The van der Waals surface area contributed by atoms with Crippen LogP contribution >= 0.6 is 0 Å². The summed E-state index contributed by atoms with van der Waals surface area (Å²) in [7, 11) is 0. The molecule has 3 aromatic carbocycles. The average Bonchev–Trinajstić information content (AvgIpc) is 2.87. The standard InChI is InChI=1S/C22H15F4N3/c1-13-5-10-19-18(11-13)20(15-3-2-4-16(12-15)22(24,25)26)28-29-21(27-19)14-6-8-17(23)9-7-14/h2-12H,1H3,(H,27,29). The van der Waals surface area contributed by atoms with Gasteiger partial charge >= 0.3 is 6.18 Å². The number of rotatable bonds is 2. The van der Waals surface area contributed by atoms with Gasteiger partial charge in [-0.3, -0.25) is 5.43 Å². The van der Waals surface area contributed by atoms with Gasteiger partial charge in [-0.05, 0) is 55.5 Å². The normalized spacial score (nSPS) is 13.7. The summed E-state index contributed by atoms with van der Waals surface area (Å²) in [6, 6.07) is 16.2. The Hall–Kier alpha value is -3.48. The van der Waals surface area contributed by atoms with E-state index in [1.165, 1.54) is 18.2 Å². The highest BCUT2D eigenvalue weighted by Gasteiger charge is 2.31. The zero-order valence-corrected chi connectivity index (χ0v) is 15.3. The molecule has 1 N–H and O–H groups in total. The third-order valence-electron chi connectivity index (χ3n) is 4.49. The topological polar surface area (TPSA) is 36.8 Å². The molecule has 0 saturated carbocycles. The summed E-state index contributed by atoms with van der Waals surface area (Å²) in [4.78, 5) is 4.57. The van der Waals surface area contributed by atoms with Crippen LogP contribution in [-0.4, -0.2) is 11.5 Å². The van der Waals surface area contributed by atoms with Gasteiger partial charge in [-0.1, -0.05) is 23.8 Å². The first-order valence-corrected chi connectivity index (χ1v) is 8.78. The monoisotopic (exact) mass is 397 g/mol. The zero-order valence-electron chi connectivity index (χ0n) is 15.3. The highest BCUT2D eigenvalue weighted by atomic mass is 19.4. The Morgan fingerprint density at radius 3 is 2.34 bits per heavy atom.